The van der Waals surface area contributed by atoms with E-state index in [1.807, 2.05) is 0 Å². The number of rotatable bonds is 7. The third kappa shape index (κ3) is 6.50. The number of anilines is 1. The molecule has 0 saturated carbocycles. The SMILES string of the molecule is CCC(=O)N1CCC[C@H](C(=O)OCC(=O)Nc2ccccc2SC(F)F)C1. The van der Waals surface area contributed by atoms with Gasteiger partial charge in [-0.15, -0.1) is 0 Å². The van der Waals surface area contributed by atoms with Crippen molar-refractivity contribution in [1.82, 2.24) is 4.90 Å². The van der Waals surface area contributed by atoms with Crippen LogP contribution in [0.5, 0.6) is 0 Å². The molecule has 1 saturated heterocycles. The molecule has 0 aliphatic carbocycles. The first-order valence-corrected chi connectivity index (χ1v) is 9.56. The van der Waals surface area contributed by atoms with Crippen LogP contribution in [0.4, 0.5) is 14.5 Å². The van der Waals surface area contributed by atoms with Crippen molar-refractivity contribution in [2.75, 3.05) is 25.0 Å². The minimum atomic E-state index is -2.61. The van der Waals surface area contributed by atoms with Gasteiger partial charge in [-0.05, 0) is 25.0 Å². The number of para-hydroxylation sites is 1. The van der Waals surface area contributed by atoms with Gasteiger partial charge in [-0.3, -0.25) is 14.4 Å². The molecule has 2 amide bonds. The zero-order valence-electron chi connectivity index (χ0n) is 15.0. The largest absolute Gasteiger partial charge is 0.455 e. The number of esters is 1. The molecule has 27 heavy (non-hydrogen) atoms. The molecule has 6 nitrogen and oxygen atoms in total. The maximum atomic E-state index is 12.6. The van der Waals surface area contributed by atoms with E-state index >= 15 is 0 Å². The summed E-state index contributed by atoms with van der Waals surface area (Å²) >= 11 is 0.326. The lowest BCUT2D eigenvalue weighted by Gasteiger charge is -2.31. The summed E-state index contributed by atoms with van der Waals surface area (Å²) in [5.41, 5.74) is 0.237. The van der Waals surface area contributed by atoms with Gasteiger partial charge in [0.25, 0.3) is 11.7 Å². The first-order valence-electron chi connectivity index (χ1n) is 8.68. The van der Waals surface area contributed by atoms with Crippen molar-refractivity contribution in [3.8, 4) is 0 Å². The monoisotopic (exact) mass is 400 g/mol. The normalized spacial score (nSPS) is 16.9. The van der Waals surface area contributed by atoms with Crippen LogP contribution in [-0.4, -0.2) is 48.1 Å². The number of piperidine rings is 1. The van der Waals surface area contributed by atoms with Crippen molar-refractivity contribution in [3.05, 3.63) is 24.3 Å². The predicted molar refractivity (Wildman–Crippen MR) is 97.5 cm³/mol. The van der Waals surface area contributed by atoms with Crippen LogP contribution >= 0.6 is 11.8 Å². The summed E-state index contributed by atoms with van der Waals surface area (Å²) in [7, 11) is 0. The fourth-order valence-corrected chi connectivity index (χ4v) is 3.42. The summed E-state index contributed by atoms with van der Waals surface area (Å²) in [5.74, 6) is -4.22. The minimum absolute atomic E-state index is 0.0154. The van der Waals surface area contributed by atoms with E-state index in [1.54, 1.807) is 24.0 Å². The molecule has 0 radical (unpaired) electrons. The zero-order valence-corrected chi connectivity index (χ0v) is 15.8. The van der Waals surface area contributed by atoms with E-state index in [1.165, 1.54) is 12.1 Å². The van der Waals surface area contributed by atoms with Crippen LogP contribution in [0.3, 0.4) is 0 Å². The van der Waals surface area contributed by atoms with E-state index in [2.05, 4.69) is 5.32 Å². The molecule has 0 bridgehead atoms. The van der Waals surface area contributed by atoms with Crippen molar-refractivity contribution < 1.29 is 27.9 Å². The van der Waals surface area contributed by atoms with Crippen LogP contribution < -0.4 is 5.32 Å². The Kier molecular flexibility index (Phi) is 8.02. The van der Waals surface area contributed by atoms with Gasteiger partial charge in [0, 0.05) is 24.4 Å². The van der Waals surface area contributed by atoms with Crippen molar-refractivity contribution in [2.45, 2.75) is 36.8 Å². The number of thioether (sulfide) groups is 1. The van der Waals surface area contributed by atoms with E-state index in [4.69, 9.17) is 4.74 Å². The van der Waals surface area contributed by atoms with Crippen LogP contribution in [0.15, 0.2) is 29.2 Å². The van der Waals surface area contributed by atoms with E-state index in [0.29, 0.717) is 44.1 Å². The highest BCUT2D eigenvalue weighted by Crippen LogP contribution is 2.31. The molecule has 0 spiro atoms. The van der Waals surface area contributed by atoms with Gasteiger partial charge in [-0.25, -0.2) is 0 Å². The van der Waals surface area contributed by atoms with Crippen molar-refractivity contribution in [2.24, 2.45) is 5.92 Å². The van der Waals surface area contributed by atoms with Crippen molar-refractivity contribution >= 4 is 35.2 Å². The Morgan fingerprint density at radius 3 is 2.78 bits per heavy atom. The summed E-state index contributed by atoms with van der Waals surface area (Å²) in [4.78, 5) is 37.8. The Labute approximate surface area is 160 Å². The van der Waals surface area contributed by atoms with Gasteiger partial charge in [-0.2, -0.15) is 8.78 Å². The molecule has 1 heterocycles. The number of carbonyl (C=O) groups excluding carboxylic acids is 3. The second-order valence-corrected chi connectivity index (χ2v) is 7.09. The van der Waals surface area contributed by atoms with E-state index < -0.39 is 30.2 Å². The Morgan fingerprint density at radius 2 is 2.07 bits per heavy atom. The Hall–Kier alpha value is -2.16. The first kappa shape index (κ1) is 21.1. The summed E-state index contributed by atoms with van der Waals surface area (Å²) in [6, 6.07) is 6.17. The molecule has 2 rings (SSSR count). The number of benzene rings is 1. The lowest BCUT2D eigenvalue weighted by molar-refractivity contribution is -0.154. The van der Waals surface area contributed by atoms with E-state index in [9.17, 15) is 23.2 Å². The van der Waals surface area contributed by atoms with Crippen molar-refractivity contribution in [1.29, 1.82) is 0 Å². The van der Waals surface area contributed by atoms with Crippen molar-refractivity contribution in [3.63, 3.8) is 0 Å². The number of carbonyl (C=O) groups is 3. The lowest BCUT2D eigenvalue weighted by atomic mass is 9.98. The number of hydrogen-bond acceptors (Lipinski definition) is 5. The van der Waals surface area contributed by atoms with Gasteiger partial charge in [-0.1, -0.05) is 30.8 Å². The smallest absolute Gasteiger partial charge is 0.311 e. The Morgan fingerprint density at radius 1 is 1.33 bits per heavy atom. The molecule has 148 valence electrons. The maximum Gasteiger partial charge on any atom is 0.311 e. The van der Waals surface area contributed by atoms with Crippen LogP contribution in [0.1, 0.15) is 26.2 Å². The average molecular weight is 400 g/mol. The fraction of sp³-hybridized carbons (Fsp3) is 0.500. The number of amides is 2. The number of hydrogen-bond donors (Lipinski definition) is 1. The van der Waals surface area contributed by atoms with E-state index in [0.717, 1.165) is 0 Å². The maximum absolute atomic E-state index is 12.6. The number of ether oxygens (including phenoxy) is 1. The highest BCUT2D eigenvalue weighted by molar-refractivity contribution is 7.99. The Balaban J connectivity index is 1.85. The number of likely N-dealkylation sites (tertiary alicyclic amines) is 1. The quantitative estimate of drug-likeness (QED) is 0.562. The lowest BCUT2D eigenvalue weighted by Crippen LogP contribution is -2.42. The summed E-state index contributed by atoms with van der Waals surface area (Å²) in [6.07, 6.45) is 1.68. The van der Waals surface area contributed by atoms with Gasteiger partial charge in [0.05, 0.1) is 11.6 Å². The summed E-state index contributed by atoms with van der Waals surface area (Å²) in [6.45, 7) is 2.17. The molecular weight excluding hydrogens is 378 g/mol. The molecular formula is C18H22F2N2O4S. The molecule has 1 aromatic rings. The molecule has 0 aromatic heterocycles. The van der Waals surface area contributed by atoms with Gasteiger partial charge in [0.2, 0.25) is 5.91 Å². The molecule has 1 N–H and O–H groups in total. The number of alkyl halides is 2. The molecule has 1 atom stereocenters. The first-order chi connectivity index (χ1) is 12.9. The number of nitrogens with one attached hydrogen (secondary N) is 1. The van der Waals surface area contributed by atoms with Gasteiger partial charge >= 0.3 is 5.97 Å². The Bertz CT molecular complexity index is 687. The number of nitrogens with zero attached hydrogens (tertiary/aromatic N) is 1. The van der Waals surface area contributed by atoms with Gasteiger partial charge in [0.1, 0.15) is 0 Å². The molecule has 1 aliphatic rings. The second-order valence-electron chi connectivity index (χ2n) is 6.06. The highest BCUT2D eigenvalue weighted by atomic mass is 32.2. The highest BCUT2D eigenvalue weighted by Gasteiger charge is 2.29. The van der Waals surface area contributed by atoms with E-state index in [-0.39, 0.29) is 16.5 Å². The second kappa shape index (κ2) is 10.2. The minimum Gasteiger partial charge on any atom is -0.455 e. The summed E-state index contributed by atoms with van der Waals surface area (Å²) < 4.78 is 30.2. The predicted octanol–water partition coefficient (Wildman–Crippen LogP) is 3.13. The molecule has 1 aliphatic heterocycles. The van der Waals surface area contributed by atoms with Gasteiger partial charge in [0.15, 0.2) is 6.61 Å². The molecule has 0 unspecified atom stereocenters. The molecule has 1 aromatic carbocycles. The van der Waals surface area contributed by atoms with Crippen LogP contribution in [0, 0.1) is 5.92 Å². The van der Waals surface area contributed by atoms with Crippen LogP contribution in [-0.2, 0) is 19.1 Å². The standard InChI is InChI=1S/C18H22F2N2O4S/c1-2-16(24)22-9-5-6-12(10-22)17(25)26-11-15(23)21-13-7-3-4-8-14(13)27-18(19)20/h3-4,7-8,12,18H,2,5-6,9-11H2,1H3,(H,21,23)/t12-/m0/s1. The molecule has 9 heteroatoms. The third-order valence-electron chi connectivity index (χ3n) is 4.13. The summed E-state index contributed by atoms with van der Waals surface area (Å²) in [5, 5.41) is 2.48. The van der Waals surface area contributed by atoms with Crippen LogP contribution in [0.2, 0.25) is 0 Å². The molecule has 1 fully saturated rings. The van der Waals surface area contributed by atoms with Crippen LogP contribution in [0.25, 0.3) is 0 Å². The topological polar surface area (TPSA) is 75.7 Å². The van der Waals surface area contributed by atoms with Gasteiger partial charge < -0.3 is 15.0 Å². The third-order valence-corrected chi connectivity index (χ3v) is 4.92. The zero-order chi connectivity index (χ0) is 19.8. The fourth-order valence-electron chi connectivity index (χ4n) is 2.83. The number of halogens is 2. The average Bonchev–Trinajstić information content (AvgIpc) is 2.66.